The van der Waals surface area contributed by atoms with E-state index in [1.807, 2.05) is 32.0 Å². The summed E-state index contributed by atoms with van der Waals surface area (Å²) >= 11 is 5.90. The lowest BCUT2D eigenvalue weighted by molar-refractivity contribution is -0.126. The molecule has 0 aromatic heterocycles. The number of piperidine rings is 1. The number of benzene rings is 2. The second kappa shape index (κ2) is 10.7. The Morgan fingerprint density at radius 2 is 1.97 bits per heavy atom. The highest BCUT2D eigenvalue weighted by Crippen LogP contribution is 2.26. The minimum absolute atomic E-state index is 0.0960. The van der Waals surface area contributed by atoms with Gasteiger partial charge in [-0.1, -0.05) is 42.8 Å². The molecular formula is C24H31ClN2O4S. The van der Waals surface area contributed by atoms with E-state index in [2.05, 4.69) is 5.32 Å². The second-order valence-electron chi connectivity index (χ2n) is 8.28. The summed E-state index contributed by atoms with van der Waals surface area (Å²) in [7, 11) is -1.88. The third-order valence-corrected chi connectivity index (χ3v) is 8.03. The predicted molar refractivity (Wildman–Crippen MR) is 127 cm³/mol. The van der Waals surface area contributed by atoms with Crippen molar-refractivity contribution in [1.82, 2.24) is 9.62 Å². The molecule has 0 radical (unpaired) electrons. The first kappa shape index (κ1) is 24.6. The Morgan fingerprint density at radius 3 is 2.59 bits per heavy atom. The number of rotatable bonds is 8. The molecule has 2 aromatic rings. The maximum absolute atomic E-state index is 13.0. The zero-order valence-corrected chi connectivity index (χ0v) is 20.4. The fourth-order valence-corrected chi connectivity index (χ4v) is 5.86. The molecule has 32 heavy (non-hydrogen) atoms. The van der Waals surface area contributed by atoms with E-state index in [-0.39, 0.29) is 30.2 Å². The molecule has 0 saturated carbocycles. The van der Waals surface area contributed by atoms with Crippen molar-refractivity contribution in [2.24, 2.45) is 5.92 Å². The molecule has 3 rings (SSSR count). The molecule has 1 amide bonds. The lowest BCUT2D eigenvalue weighted by Crippen LogP contribution is -2.46. The molecule has 8 heteroatoms. The summed E-state index contributed by atoms with van der Waals surface area (Å²) in [6.45, 7) is 4.64. The fraction of sp³-hybridized carbons (Fsp3) is 0.458. The van der Waals surface area contributed by atoms with Crippen LogP contribution in [0.3, 0.4) is 0 Å². The Kier molecular flexibility index (Phi) is 8.20. The van der Waals surface area contributed by atoms with Gasteiger partial charge in [-0.25, -0.2) is 12.7 Å². The maximum Gasteiger partial charge on any atom is 0.224 e. The zero-order chi connectivity index (χ0) is 23.3. The molecule has 1 aliphatic heterocycles. The number of methoxy groups -OCH3 is 1. The van der Waals surface area contributed by atoms with Crippen molar-refractivity contribution in [1.29, 1.82) is 0 Å². The van der Waals surface area contributed by atoms with Crippen LogP contribution in [0.4, 0.5) is 0 Å². The molecule has 1 fully saturated rings. The van der Waals surface area contributed by atoms with Crippen LogP contribution in [-0.4, -0.2) is 38.8 Å². The van der Waals surface area contributed by atoms with Gasteiger partial charge in [-0.3, -0.25) is 4.79 Å². The predicted octanol–water partition coefficient (Wildman–Crippen LogP) is 4.47. The van der Waals surface area contributed by atoms with E-state index in [1.54, 1.807) is 31.4 Å². The van der Waals surface area contributed by atoms with Crippen LogP contribution in [0.2, 0.25) is 5.02 Å². The smallest absolute Gasteiger partial charge is 0.224 e. The third kappa shape index (κ3) is 6.03. The number of carbonyl (C=O) groups excluding carboxylic acids is 1. The van der Waals surface area contributed by atoms with Gasteiger partial charge in [0.05, 0.1) is 24.8 Å². The van der Waals surface area contributed by atoms with Crippen LogP contribution >= 0.6 is 11.6 Å². The molecule has 0 aliphatic carbocycles. The number of amides is 1. The minimum Gasteiger partial charge on any atom is -0.496 e. The van der Waals surface area contributed by atoms with Gasteiger partial charge in [-0.2, -0.15) is 0 Å². The van der Waals surface area contributed by atoms with Gasteiger partial charge in [0.1, 0.15) is 5.75 Å². The third-order valence-electron chi connectivity index (χ3n) is 5.96. The highest BCUT2D eigenvalue weighted by Gasteiger charge is 2.33. The van der Waals surface area contributed by atoms with Crippen molar-refractivity contribution in [2.75, 3.05) is 20.2 Å². The number of sulfonamides is 1. The molecule has 1 N–H and O–H groups in total. The van der Waals surface area contributed by atoms with Crippen molar-refractivity contribution in [3.8, 4) is 5.75 Å². The highest BCUT2D eigenvalue weighted by atomic mass is 35.5. The Balaban J connectivity index is 1.66. The van der Waals surface area contributed by atoms with Gasteiger partial charge in [0.15, 0.2) is 0 Å². The number of carbonyl (C=O) groups is 1. The fourth-order valence-electron chi connectivity index (χ4n) is 4.12. The molecular weight excluding hydrogens is 448 g/mol. The van der Waals surface area contributed by atoms with Gasteiger partial charge >= 0.3 is 0 Å². The number of nitrogens with zero attached hydrogens (tertiary/aromatic N) is 1. The topological polar surface area (TPSA) is 75.7 Å². The minimum atomic E-state index is -3.52. The van der Waals surface area contributed by atoms with Gasteiger partial charge in [-0.05, 0) is 61.1 Å². The van der Waals surface area contributed by atoms with Gasteiger partial charge in [-0.15, -0.1) is 0 Å². The van der Waals surface area contributed by atoms with Crippen LogP contribution < -0.4 is 10.1 Å². The normalized spacial score (nSPS) is 18.2. The molecule has 2 atom stereocenters. The average molecular weight is 479 g/mol. The van der Waals surface area contributed by atoms with Crippen LogP contribution in [0.5, 0.6) is 5.75 Å². The van der Waals surface area contributed by atoms with E-state index in [4.69, 9.17) is 16.3 Å². The van der Waals surface area contributed by atoms with Crippen LogP contribution in [-0.2, 0) is 20.6 Å². The summed E-state index contributed by atoms with van der Waals surface area (Å²) in [5, 5.41) is 3.70. The molecule has 1 saturated heterocycles. The van der Waals surface area contributed by atoms with Gasteiger partial charge < -0.3 is 10.1 Å². The Hall–Kier alpha value is -2.09. The summed E-state index contributed by atoms with van der Waals surface area (Å²) < 4.78 is 32.7. The number of ether oxygens (including phenoxy) is 1. The van der Waals surface area contributed by atoms with Crippen LogP contribution in [0.15, 0.2) is 42.5 Å². The Morgan fingerprint density at radius 1 is 1.25 bits per heavy atom. The first-order chi connectivity index (χ1) is 15.2. The maximum atomic E-state index is 13.0. The van der Waals surface area contributed by atoms with Crippen LogP contribution in [0.25, 0.3) is 0 Å². The highest BCUT2D eigenvalue weighted by molar-refractivity contribution is 7.88. The summed E-state index contributed by atoms with van der Waals surface area (Å²) in [5.41, 5.74) is 2.71. The molecule has 1 aliphatic rings. The Labute approximate surface area is 196 Å². The largest absolute Gasteiger partial charge is 0.496 e. The number of nitrogens with one attached hydrogen (secondary N) is 1. The van der Waals surface area contributed by atoms with Gasteiger partial charge in [0.2, 0.25) is 15.9 Å². The molecule has 174 valence electrons. The molecule has 0 unspecified atom stereocenters. The van der Waals surface area contributed by atoms with Gasteiger partial charge in [0.25, 0.3) is 0 Å². The van der Waals surface area contributed by atoms with Crippen molar-refractivity contribution < 1.29 is 17.9 Å². The zero-order valence-electron chi connectivity index (χ0n) is 18.8. The first-order valence-electron chi connectivity index (χ1n) is 10.9. The van der Waals surface area contributed by atoms with Crippen molar-refractivity contribution >= 4 is 27.5 Å². The van der Waals surface area contributed by atoms with Crippen molar-refractivity contribution in [3.05, 3.63) is 64.2 Å². The molecule has 0 bridgehead atoms. The Bertz CT molecular complexity index is 1040. The standard InChI is InChI=1S/C24H31ClN2O4S/c1-4-22(19-9-12-23(31-3)17(2)14-19)26-24(28)20-6-5-13-27(15-20)32(29,30)16-18-7-10-21(25)11-8-18/h7-12,14,20,22H,4-6,13,15-16H2,1-3H3,(H,26,28)/t20-,22+/m0/s1. The van der Waals surface area contributed by atoms with E-state index in [9.17, 15) is 13.2 Å². The van der Waals surface area contributed by atoms with Gasteiger partial charge in [0, 0.05) is 18.1 Å². The summed E-state index contributed by atoms with van der Waals surface area (Å²) in [5.74, 6) is 0.249. The molecule has 6 nitrogen and oxygen atoms in total. The molecule has 0 spiro atoms. The molecule has 2 aromatic carbocycles. The lowest BCUT2D eigenvalue weighted by atomic mass is 9.96. The first-order valence-corrected chi connectivity index (χ1v) is 12.9. The van der Waals surface area contributed by atoms with Crippen LogP contribution in [0.1, 0.15) is 48.9 Å². The number of aryl methyl sites for hydroxylation is 1. The van der Waals surface area contributed by atoms with Crippen molar-refractivity contribution in [3.63, 3.8) is 0 Å². The number of halogens is 1. The van der Waals surface area contributed by atoms with E-state index in [0.717, 1.165) is 23.3 Å². The summed E-state index contributed by atoms with van der Waals surface area (Å²) in [6.07, 6.45) is 2.08. The lowest BCUT2D eigenvalue weighted by Gasteiger charge is -2.32. The second-order valence-corrected chi connectivity index (χ2v) is 10.7. The van der Waals surface area contributed by atoms with E-state index >= 15 is 0 Å². The number of hydrogen-bond acceptors (Lipinski definition) is 4. The average Bonchev–Trinajstić information content (AvgIpc) is 2.78. The van der Waals surface area contributed by atoms with E-state index in [0.29, 0.717) is 30.0 Å². The quantitative estimate of drug-likeness (QED) is 0.607. The molecule has 1 heterocycles. The number of hydrogen-bond donors (Lipinski definition) is 1. The monoisotopic (exact) mass is 478 g/mol. The summed E-state index contributed by atoms with van der Waals surface area (Å²) in [4.78, 5) is 13.0. The van der Waals surface area contributed by atoms with Crippen LogP contribution in [0, 0.1) is 12.8 Å². The van der Waals surface area contributed by atoms with E-state index in [1.165, 1.54) is 4.31 Å². The van der Waals surface area contributed by atoms with E-state index < -0.39 is 10.0 Å². The summed E-state index contributed by atoms with van der Waals surface area (Å²) in [6, 6.07) is 12.6. The SMILES string of the molecule is CC[C@@H](NC(=O)[C@H]1CCCN(S(=O)(=O)Cc2ccc(Cl)cc2)C1)c1ccc(OC)c(C)c1. The van der Waals surface area contributed by atoms with Crippen molar-refractivity contribution in [2.45, 2.75) is 44.9 Å².